The summed E-state index contributed by atoms with van der Waals surface area (Å²) in [5.74, 6) is -2.99. The highest BCUT2D eigenvalue weighted by Crippen LogP contribution is 2.44. The molecule has 8 nitrogen and oxygen atoms in total. The summed E-state index contributed by atoms with van der Waals surface area (Å²) >= 11 is 0. The van der Waals surface area contributed by atoms with Crippen LogP contribution in [0, 0.1) is 12.8 Å². The van der Waals surface area contributed by atoms with Crippen molar-refractivity contribution in [2.24, 2.45) is 5.92 Å². The standard InChI is InChI=1S/C22H29NO7/c1-7-12(4)17(22(27)28)23-10-14-15(20(23)24)16(21(25)26)19(29-6)13(5)18(14)30-9-8-11(2)3/h8,12,17H,7,9-10H2,1-6H3,(H,25,26)(H,27,28)/t12-,17-/m1/s1. The van der Waals surface area contributed by atoms with Crippen LogP contribution in [0.2, 0.25) is 0 Å². The second kappa shape index (κ2) is 9.19. The Morgan fingerprint density at radius 1 is 1.23 bits per heavy atom. The Morgan fingerprint density at radius 3 is 2.33 bits per heavy atom. The number of carboxylic acids is 2. The van der Waals surface area contributed by atoms with Crippen LogP contribution in [0.1, 0.15) is 66.0 Å². The van der Waals surface area contributed by atoms with Crippen LogP contribution in [0.25, 0.3) is 0 Å². The normalized spacial score (nSPS) is 14.7. The second-order valence-electron chi connectivity index (χ2n) is 7.72. The molecule has 1 aliphatic heterocycles. The Bertz CT molecular complexity index is 899. The molecule has 1 amide bonds. The first-order valence-electron chi connectivity index (χ1n) is 9.83. The molecule has 1 aromatic rings. The lowest BCUT2D eigenvalue weighted by Crippen LogP contribution is -2.45. The molecule has 1 aliphatic rings. The minimum absolute atomic E-state index is 0.0370. The summed E-state index contributed by atoms with van der Waals surface area (Å²) in [7, 11) is 1.33. The lowest BCUT2D eigenvalue weighted by Gasteiger charge is -2.28. The monoisotopic (exact) mass is 419 g/mol. The summed E-state index contributed by atoms with van der Waals surface area (Å²) in [6.45, 7) is 9.30. The van der Waals surface area contributed by atoms with Crippen LogP contribution >= 0.6 is 0 Å². The van der Waals surface area contributed by atoms with Crippen LogP contribution in [0.5, 0.6) is 11.5 Å². The molecule has 0 saturated carbocycles. The molecule has 0 bridgehead atoms. The van der Waals surface area contributed by atoms with Crippen molar-refractivity contribution in [2.75, 3.05) is 13.7 Å². The van der Waals surface area contributed by atoms with E-state index in [1.165, 1.54) is 12.0 Å². The highest BCUT2D eigenvalue weighted by atomic mass is 16.5. The van der Waals surface area contributed by atoms with Gasteiger partial charge in [-0.15, -0.1) is 0 Å². The van der Waals surface area contributed by atoms with Crippen molar-refractivity contribution >= 4 is 17.8 Å². The first-order chi connectivity index (χ1) is 14.1. The van der Waals surface area contributed by atoms with Gasteiger partial charge in [-0.2, -0.15) is 0 Å². The molecule has 0 aromatic heterocycles. The van der Waals surface area contributed by atoms with Crippen molar-refractivity contribution < 1.29 is 34.1 Å². The molecule has 0 unspecified atom stereocenters. The van der Waals surface area contributed by atoms with E-state index in [2.05, 4.69) is 0 Å². The van der Waals surface area contributed by atoms with Gasteiger partial charge in [0.05, 0.1) is 19.2 Å². The molecule has 1 heterocycles. The number of rotatable bonds is 9. The zero-order valence-corrected chi connectivity index (χ0v) is 18.2. The van der Waals surface area contributed by atoms with E-state index in [1.807, 2.05) is 26.8 Å². The Labute approximate surface area is 176 Å². The van der Waals surface area contributed by atoms with Crippen molar-refractivity contribution in [3.05, 3.63) is 33.9 Å². The lowest BCUT2D eigenvalue weighted by molar-refractivity contribution is -0.144. The molecule has 0 aliphatic carbocycles. The molecule has 2 N–H and O–H groups in total. The smallest absolute Gasteiger partial charge is 0.340 e. The maximum Gasteiger partial charge on any atom is 0.340 e. The van der Waals surface area contributed by atoms with Crippen molar-refractivity contribution in [1.29, 1.82) is 0 Å². The molecule has 8 heteroatoms. The quantitative estimate of drug-likeness (QED) is 0.589. The van der Waals surface area contributed by atoms with Crippen LogP contribution in [-0.4, -0.2) is 52.7 Å². The van der Waals surface area contributed by atoms with E-state index in [4.69, 9.17) is 9.47 Å². The number of hydrogen-bond donors (Lipinski definition) is 2. The number of benzene rings is 1. The number of allylic oxidation sites excluding steroid dienone is 1. The van der Waals surface area contributed by atoms with Crippen molar-refractivity contribution in [1.82, 2.24) is 4.90 Å². The number of carbonyl (C=O) groups is 3. The average Bonchev–Trinajstić information content (AvgIpc) is 2.98. The second-order valence-corrected chi connectivity index (χ2v) is 7.72. The Kier molecular flexibility index (Phi) is 7.12. The van der Waals surface area contributed by atoms with Crippen LogP contribution in [-0.2, 0) is 11.3 Å². The largest absolute Gasteiger partial charge is 0.495 e. The summed E-state index contributed by atoms with van der Waals surface area (Å²) in [4.78, 5) is 38.5. The molecule has 30 heavy (non-hydrogen) atoms. The van der Waals surface area contributed by atoms with E-state index in [9.17, 15) is 24.6 Å². The maximum absolute atomic E-state index is 13.3. The summed E-state index contributed by atoms with van der Waals surface area (Å²) in [6, 6.07) is -1.08. The van der Waals surface area contributed by atoms with E-state index in [0.717, 1.165) is 5.57 Å². The van der Waals surface area contributed by atoms with E-state index < -0.39 is 23.9 Å². The van der Waals surface area contributed by atoms with Gasteiger partial charge < -0.3 is 24.6 Å². The van der Waals surface area contributed by atoms with E-state index in [0.29, 0.717) is 23.3 Å². The molecule has 0 saturated heterocycles. The molecule has 0 radical (unpaired) electrons. The number of aromatic carboxylic acids is 1. The first-order valence-corrected chi connectivity index (χ1v) is 9.83. The third-order valence-corrected chi connectivity index (χ3v) is 5.45. The Hall–Kier alpha value is -3.03. The number of methoxy groups -OCH3 is 1. The number of carboxylic acid groups (broad SMARTS) is 2. The van der Waals surface area contributed by atoms with Gasteiger partial charge in [-0.3, -0.25) is 4.79 Å². The van der Waals surface area contributed by atoms with Gasteiger partial charge in [-0.05, 0) is 32.8 Å². The van der Waals surface area contributed by atoms with Crippen molar-refractivity contribution in [2.45, 2.75) is 53.6 Å². The van der Waals surface area contributed by atoms with Gasteiger partial charge in [0.2, 0.25) is 0 Å². The number of ether oxygens (including phenoxy) is 2. The van der Waals surface area contributed by atoms with Crippen LogP contribution < -0.4 is 9.47 Å². The highest BCUT2D eigenvalue weighted by molar-refractivity contribution is 6.11. The minimum Gasteiger partial charge on any atom is -0.495 e. The molecule has 1 aromatic carbocycles. The predicted octanol–water partition coefficient (Wildman–Crippen LogP) is 3.50. The van der Waals surface area contributed by atoms with Gasteiger partial charge in [-0.1, -0.05) is 25.8 Å². The summed E-state index contributed by atoms with van der Waals surface area (Å²) < 4.78 is 11.2. The topological polar surface area (TPSA) is 113 Å². The van der Waals surface area contributed by atoms with E-state index in [-0.39, 0.29) is 35.9 Å². The molecule has 0 spiro atoms. The summed E-state index contributed by atoms with van der Waals surface area (Å²) in [6.07, 6.45) is 2.41. The molecular formula is C22H29NO7. The third-order valence-electron chi connectivity index (χ3n) is 5.45. The fourth-order valence-corrected chi connectivity index (χ4v) is 3.75. The summed E-state index contributed by atoms with van der Waals surface area (Å²) in [5.41, 5.74) is 1.55. The van der Waals surface area contributed by atoms with Gasteiger partial charge in [0.25, 0.3) is 5.91 Å². The van der Waals surface area contributed by atoms with Crippen molar-refractivity contribution in [3.63, 3.8) is 0 Å². The number of amides is 1. The fraction of sp³-hybridized carbons (Fsp3) is 0.500. The van der Waals surface area contributed by atoms with Crippen LogP contribution in [0.3, 0.4) is 0 Å². The highest BCUT2D eigenvalue weighted by Gasteiger charge is 2.44. The van der Waals surface area contributed by atoms with Gasteiger partial charge in [0.15, 0.2) is 0 Å². The molecular weight excluding hydrogens is 390 g/mol. The molecule has 164 valence electrons. The SMILES string of the molecule is CC[C@@H](C)[C@H](C(=O)O)N1Cc2c(OCC=C(C)C)c(C)c(OC)c(C(=O)O)c2C1=O. The number of fused-ring (bicyclic) bond motifs is 1. The first kappa shape index (κ1) is 23.3. The van der Waals surface area contributed by atoms with Gasteiger partial charge in [-0.25, -0.2) is 9.59 Å². The van der Waals surface area contributed by atoms with Crippen LogP contribution in [0.15, 0.2) is 11.6 Å². The van der Waals surface area contributed by atoms with E-state index in [1.54, 1.807) is 13.8 Å². The maximum atomic E-state index is 13.3. The van der Waals surface area contributed by atoms with Gasteiger partial charge >= 0.3 is 11.9 Å². The van der Waals surface area contributed by atoms with Crippen LogP contribution in [0.4, 0.5) is 0 Å². The lowest BCUT2D eigenvalue weighted by atomic mass is 9.96. The number of nitrogens with zero attached hydrogens (tertiary/aromatic N) is 1. The predicted molar refractivity (Wildman–Crippen MR) is 110 cm³/mol. The Morgan fingerprint density at radius 2 is 1.87 bits per heavy atom. The molecule has 2 atom stereocenters. The summed E-state index contributed by atoms with van der Waals surface area (Å²) in [5, 5.41) is 19.6. The fourth-order valence-electron chi connectivity index (χ4n) is 3.75. The zero-order valence-electron chi connectivity index (χ0n) is 18.2. The van der Waals surface area contributed by atoms with Gasteiger partial charge in [0.1, 0.15) is 29.7 Å². The third kappa shape index (κ3) is 4.13. The Balaban J connectivity index is 2.71. The average molecular weight is 419 g/mol. The van der Waals surface area contributed by atoms with Crippen molar-refractivity contribution in [3.8, 4) is 11.5 Å². The van der Waals surface area contributed by atoms with Gasteiger partial charge in [0, 0.05) is 11.1 Å². The minimum atomic E-state index is -1.31. The number of carbonyl (C=O) groups excluding carboxylic acids is 1. The molecule has 2 rings (SSSR count). The zero-order chi connectivity index (χ0) is 22.7. The number of aliphatic carboxylic acids is 1. The molecule has 0 fully saturated rings. The van der Waals surface area contributed by atoms with E-state index >= 15 is 0 Å². The number of hydrogen-bond acceptors (Lipinski definition) is 5.